The van der Waals surface area contributed by atoms with Gasteiger partial charge >= 0.3 is 0 Å². The largest absolute Gasteiger partial charge is 0.312 e. The van der Waals surface area contributed by atoms with Crippen LogP contribution in [0.3, 0.4) is 0 Å². The molecular formula is C13H17ClFN. The predicted octanol–water partition coefficient (Wildman–Crippen LogP) is 3.61. The van der Waals surface area contributed by atoms with Crippen LogP contribution in [0.1, 0.15) is 25.8 Å². The minimum Gasteiger partial charge on any atom is -0.312 e. The van der Waals surface area contributed by atoms with Crippen molar-refractivity contribution in [3.63, 3.8) is 0 Å². The van der Waals surface area contributed by atoms with Crippen LogP contribution < -0.4 is 5.32 Å². The zero-order chi connectivity index (χ0) is 11.8. The highest BCUT2D eigenvalue weighted by Gasteiger charge is 2.44. The van der Waals surface area contributed by atoms with Crippen molar-refractivity contribution in [2.24, 2.45) is 11.3 Å². The standard InChI is InChI=1S/C13H17ClFN/c1-13(2)6-10(13)8-16-7-9-4-3-5-11(14)12(9)15/h3-5,10,16H,6-8H2,1-2H3. The summed E-state index contributed by atoms with van der Waals surface area (Å²) in [6.45, 7) is 6.04. The molecule has 1 fully saturated rings. The van der Waals surface area contributed by atoms with Gasteiger partial charge in [0, 0.05) is 12.1 Å². The van der Waals surface area contributed by atoms with Crippen LogP contribution in [0.5, 0.6) is 0 Å². The molecule has 3 heteroatoms. The molecule has 0 spiro atoms. The molecule has 1 nitrogen and oxygen atoms in total. The fraction of sp³-hybridized carbons (Fsp3) is 0.538. The quantitative estimate of drug-likeness (QED) is 0.849. The Labute approximate surface area is 101 Å². The lowest BCUT2D eigenvalue weighted by atomic mass is 10.1. The summed E-state index contributed by atoms with van der Waals surface area (Å²) in [6.07, 6.45) is 1.26. The first-order chi connectivity index (χ1) is 7.50. The summed E-state index contributed by atoms with van der Waals surface area (Å²) in [5.41, 5.74) is 1.12. The van der Waals surface area contributed by atoms with Gasteiger partial charge in [-0.2, -0.15) is 0 Å². The van der Waals surface area contributed by atoms with E-state index in [-0.39, 0.29) is 10.8 Å². The molecule has 2 rings (SSSR count). The van der Waals surface area contributed by atoms with Gasteiger partial charge in [-0.05, 0) is 30.4 Å². The highest BCUT2D eigenvalue weighted by atomic mass is 35.5. The highest BCUT2D eigenvalue weighted by molar-refractivity contribution is 6.30. The van der Waals surface area contributed by atoms with Crippen molar-refractivity contribution in [3.8, 4) is 0 Å². The Morgan fingerprint density at radius 1 is 1.50 bits per heavy atom. The topological polar surface area (TPSA) is 12.0 Å². The lowest BCUT2D eigenvalue weighted by Gasteiger charge is -2.07. The van der Waals surface area contributed by atoms with E-state index in [2.05, 4.69) is 19.2 Å². The molecule has 0 aromatic heterocycles. The maximum atomic E-state index is 13.5. The molecule has 0 bridgehead atoms. The molecule has 1 aromatic rings. The number of rotatable bonds is 4. The van der Waals surface area contributed by atoms with Gasteiger partial charge < -0.3 is 5.32 Å². The molecule has 0 aliphatic heterocycles. The lowest BCUT2D eigenvalue weighted by Crippen LogP contribution is -2.18. The normalized spacial score (nSPS) is 22.1. The highest BCUT2D eigenvalue weighted by Crippen LogP contribution is 2.50. The maximum absolute atomic E-state index is 13.5. The van der Waals surface area contributed by atoms with Gasteiger partial charge in [0.2, 0.25) is 0 Å². The van der Waals surface area contributed by atoms with Crippen molar-refractivity contribution in [1.29, 1.82) is 0 Å². The number of benzene rings is 1. The van der Waals surface area contributed by atoms with Crippen LogP contribution in [0.2, 0.25) is 5.02 Å². The van der Waals surface area contributed by atoms with E-state index in [0.29, 0.717) is 17.5 Å². The van der Waals surface area contributed by atoms with Crippen LogP contribution in [0.4, 0.5) is 4.39 Å². The fourth-order valence-corrected chi connectivity index (χ4v) is 2.18. The van der Waals surface area contributed by atoms with Gasteiger partial charge in [0.25, 0.3) is 0 Å². The van der Waals surface area contributed by atoms with Crippen molar-refractivity contribution in [2.75, 3.05) is 6.54 Å². The van der Waals surface area contributed by atoms with E-state index in [1.54, 1.807) is 18.2 Å². The summed E-state index contributed by atoms with van der Waals surface area (Å²) in [6, 6.07) is 5.13. The Morgan fingerprint density at radius 3 is 2.81 bits per heavy atom. The third-order valence-corrected chi connectivity index (χ3v) is 3.75. The summed E-state index contributed by atoms with van der Waals surface area (Å²) >= 11 is 5.71. The van der Waals surface area contributed by atoms with Gasteiger partial charge in [-0.15, -0.1) is 0 Å². The second kappa shape index (κ2) is 4.34. The Bertz CT molecular complexity index is 390. The Hall–Kier alpha value is -0.600. The fourth-order valence-electron chi connectivity index (χ4n) is 1.99. The average molecular weight is 242 g/mol. The maximum Gasteiger partial charge on any atom is 0.146 e. The van der Waals surface area contributed by atoms with Crippen molar-refractivity contribution in [3.05, 3.63) is 34.6 Å². The average Bonchev–Trinajstić information content (AvgIpc) is 2.81. The molecule has 0 saturated heterocycles. The van der Waals surface area contributed by atoms with Gasteiger partial charge in [0.1, 0.15) is 5.82 Å². The molecule has 1 unspecified atom stereocenters. The van der Waals surface area contributed by atoms with E-state index in [0.717, 1.165) is 12.5 Å². The summed E-state index contributed by atoms with van der Waals surface area (Å²) in [5, 5.41) is 3.49. The molecule has 1 aromatic carbocycles. The molecule has 0 amide bonds. The van der Waals surface area contributed by atoms with Gasteiger partial charge in [0.15, 0.2) is 0 Å². The number of nitrogens with one attached hydrogen (secondary N) is 1. The van der Waals surface area contributed by atoms with E-state index < -0.39 is 0 Å². The molecule has 88 valence electrons. The third kappa shape index (κ3) is 2.55. The van der Waals surface area contributed by atoms with Crippen LogP contribution in [0.15, 0.2) is 18.2 Å². The zero-order valence-electron chi connectivity index (χ0n) is 9.69. The van der Waals surface area contributed by atoms with Gasteiger partial charge in [-0.1, -0.05) is 37.6 Å². The van der Waals surface area contributed by atoms with E-state index in [1.807, 2.05) is 0 Å². The van der Waals surface area contributed by atoms with E-state index in [9.17, 15) is 4.39 Å². The van der Waals surface area contributed by atoms with Crippen LogP contribution >= 0.6 is 11.6 Å². The lowest BCUT2D eigenvalue weighted by molar-refractivity contribution is 0.512. The number of halogens is 2. The van der Waals surface area contributed by atoms with Crippen LogP contribution in [-0.4, -0.2) is 6.54 Å². The predicted molar refractivity (Wildman–Crippen MR) is 65.0 cm³/mol. The first-order valence-electron chi connectivity index (χ1n) is 5.64. The minimum atomic E-state index is -0.299. The second-order valence-electron chi connectivity index (χ2n) is 5.23. The van der Waals surface area contributed by atoms with Crippen LogP contribution in [0, 0.1) is 17.2 Å². The van der Waals surface area contributed by atoms with Gasteiger partial charge in [0.05, 0.1) is 5.02 Å². The number of hydrogen-bond acceptors (Lipinski definition) is 1. The summed E-state index contributed by atoms with van der Waals surface area (Å²) < 4.78 is 13.5. The summed E-state index contributed by atoms with van der Waals surface area (Å²) in [4.78, 5) is 0. The molecule has 1 aliphatic rings. The molecule has 1 N–H and O–H groups in total. The molecular weight excluding hydrogens is 225 g/mol. The molecule has 0 heterocycles. The van der Waals surface area contributed by atoms with Gasteiger partial charge in [-0.25, -0.2) is 4.39 Å². The van der Waals surface area contributed by atoms with Crippen molar-refractivity contribution in [1.82, 2.24) is 5.32 Å². The van der Waals surface area contributed by atoms with Crippen molar-refractivity contribution in [2.45, 2.75) is 26.8 Å². The first-order valence-corrected chi connectivity index (χ1v) is 6.02. The second-order valence-corrected chi connectivity index (χ2v) is 5.64. The molecule has 0 radical (unpaired) electrons. The minimum absolute atomic E-state index is 0.200. The Morgan fingerprint density at radius 2 is 2.19 bits per heavy atom. The van der Waals surface area contributed by atoms with E-state index in [4.69, 9.17) is 11.6 Å². The third-order valence-electron chi connectivity index (χ3n) is 3.46. The molecule has 1 saturated carbocycles. The van der Waals surface area contributed by atoms with Crippen LogP contribution in [0.25, 0.3) is 0 Å². The van der Waals surface area contributed by atoms with Gasteiger partial charge in [-0.3, -0.25) is 0 Å². The molecule has 1 aliphatic carbocycles. The van der Waals surface area contributed by atoms with Crippen molar-refractivity contribution < 1.29 is 4.39 Å². The molecule has 1 atom stereocenters. The Balaban J connectivity index is 1.84. The summed E-state index contributed by atoms with van der Waals surface area (Å²) in [5.74, 6) is 0.432. The van der Waals surface area contributed by atoms with E-state index >= 15 is 0 Å². The van der Waals surface area contributed by atoms with Crippen LogP contribution in [-0.2, 0) is 6.54 Å². The molecule has 16 heavy (non-hydrogen) atoms. The smallest absolute Gasteiger partial charge is 0.146 e. The zero-order valence-corrected chi connectivity index (χ0v) is 10.4. The van der Waals surface area contributed by atoms with Crippen molar-refractivity contribution >= 4 is 11.6 Å². The SMILES string of the molecule is CC1(C)CC1CNCc1cccc(Cl)c1F. The monoisotopic (exact) mass is 241 g/mol. The van der Waals surface area contributed by atoms with E-state index in [1.165, 1.54) is 6.42 Å². The first kappa shape index (κ1) is 11.9. The number of hydrogen-bond donors (Lipinski definition) is 1. The Kier molecular flexibility index (Phi) is 3.22. The summed E-state index contributed by atoms with van der Waals surface area (Å²) in [7, 11) is 0.